The zero-order valence-electron chi connectivity index (χ0n) is 7.11. The Kier molecular flexibility index (Phi) is 3.91. The van der Waals surface area contributed by atoms with Crippen LogP contribution in [0.4, 0.5) is 0 Å². The highest BCUT2D eigenvalue weighted by Crippen LogP contribution is 2.19. The van der Waals surface area contributed by atoms with Gasteiger partial charge in [0.2, 0.25) is 5.96 Å². The molecular weight excluding hydrogens is 267 g/mol. The molecule has 1 aromatic carbocycles. The Morgan fingerprint density at radius 1 is 1.43 bits per heavy atom. The molecule has 4 nitrogen and oxygen atoms in total. The molecule has 4 N–H and O–H groups in total. The van der Waals surface area contributed by atoms with Crippen LogP contribution in [-0.2, 0) is 0 Å². The third-order valence-electron chi connectivity index (χ3n) is 1.33. The van der Waals surface area contributed by atoms with E-state index in [1.165, 1.54) is 6.21 Å². The number of halogens is 2. The van der Waals surface area contributed by atoms with Crippen LogP contribution in [0.15, 0.2) is 32.9 Å². The van der Waals surface area contributed by atoms with Gasteiger partial charge in [-0.3, -0.25) is 0 Å². The Morgan fingerprint density at radius 3 is 2.71 bits per heavy atom. The average molecular weight is 276 g/mol. The first kappa shape index (κ1) is 11.0. The van der Waals surface area contributed by atoms with Crippen LogP contribution < -0.4 is 11.5 Å². The highest BCUT2D eigenvalue weighted by atomic mass is 79.9. The lowest BCUT2D eigenvalue weighted by Crippen LogP contribution is -2.21. The monoisotopic (exact) mass is 274 g/mol. The SMILES string of the molecule is NC(N)=N/N=C/c1ccc(Cl)cc1Br. The molecule has 0 radical (unpaired) electrons. The van der Waals surface area contributed by atoms with E-state index in [1.807, 2.05) is 0 Å². The van der Waals surface area contributed by atoms with E-state index in [1.54, 1.807) is 18.2 Å². The summed E-state index contributed by atoms with van der Waals surface area (Å²) >= 11 is 9.09. The summed E-state index contributed by atoms with van der Waals surface area (Å²) in [6.45, 7) is 0. The minimum absolute atomic E-state index is 0.0775. The molecule has 0 saturated carbocycles. The lowest BCUT2D eigenvalue weighted by atomic mass is 10.2. The molecule has 0 bridgehead atoms. The second-order valence-electron chi connectivity index (χ2n) is 2.44. The zero-order valence-corrected chi connectivity index (χ0v) is 9.46. The summed E-state index contributed by atoms with van der Waals surface area (Å²) in [4.78, 5) is 0. The maximum Gasteiger partial charge on any atom is 0.211 e. The molecule has 0 heterocycles. The van der Waals surface area contributed by atoms with Gasteiger partial charge in [-0.05, 0) is 12.1 Å². The number of rotatable bonds is 2. The van der Waals surface area contributed by atoms with Crippen molar-refractivity contribution >= 4 is 39.7 Å². The molecular formula is C8H8BrClN4. The fourth-order valence-corrected chi connectivity index (χ4v) is 1.55. The number of nitrogens with zero attached hydrogens (tertiary/aromatic N) is 2. The largest absolute Gasteiger partial charge is 0.369 e. The fraction of sp³-hybridized carbons (Fsp3) is 0. The normalized spacial score (nSPS) is 10.4. The summed E-state index contributed by atoms with van der Waals surface area (Å²) in [6.07, 6.45) is 1.53. The van der Waals surface area contributed by atoms with Gasteiger partial charge in [0.25, 0.3) is 0 Å². The van der Waals surface area contributed by atoms with Crippen molar-refractivity contribution in [2.75, 3.05) is 0 Å². The predicted molar refractivity (Wildman–Crippen MR) is 62.6 cm³/mol. The van der Waals surface area contributed by atoms with E-state index in [9.17, 15) is 0 Å². The maximum atomic E-state index is 5.76. The first-order chi connectivity index (χ1) is 6.59. The summed E-state index contributed by atoms with van der Waals surface area (Å²) in [5.41, 5.74) is 11.0. The van der Waals surface area contributed by atoms with Crippen LogP contribution in [0.1, 0.15) is 5.56 Å². The standard InChI is InChI=1S/C8H8BrClN4/c9-7-3-6(10)2-1-5(7)4-13-14-8(11)12/h1-4H,(H4,11,12,14)/b13-4+. The van der Waals surface area contributed by atoms with Gasteiger partial charge in [0, 0.05) is 15.1 Å². The van der Waals surface area contributed by atoms with Gasteiger partial charge in [0.1, 0.15) is 0 Å². The number of nitrogens with two attached hydrogens (primary N) is 2. The Balaban J connectivity index is 2.87. The third-order valence-corrected chi connectivity index (χ3v) is 2.25. The van der Waals surface area contributed by atoms with Crippen molar-refractivity contribution in [3.63, 3.8) is 0 Å². The van der Waals surface area contributed by atoms with E-state index >= 15 is 0 Å². The Labute approximate surface area is 94.8 Å². The second kappa shape index (κ2) is 4.97. The summed E-state index contributed by atoms with van der Waals surface area (Å²) in [5, 5.41) is 7.79. The van der Waals surface area contributed by atoms with Gasteiger partial charge in [-0.2, -0.15) is 5.10 Å². The molecule has 14 heavy (non-hydrogen) atoms. The smallest absolute Gasteiger partial charge is 0.211 e. The average Bonchev–Trinajstić information content (AvgIpc) is 2.08. The number of benzene rings is 1. The van der Waals surface area contributed by atoms with Crippen LogP contribution in [0.5, 0.6) is 0 Å². The topological polar surface area (TPSA) is 76.8 Å². The Hall–Kier alpha value is -1.07. The molecule has 74 valence electrons. The van der Waals surface area contributed by atoms with Gasteiger partial charge in [-0.25, -0.2) is 0 Å². The van der Waals surface area contributed by atoms with Crippen LogP contribution in [0, 0.1) is 0 Å². The molecule has 0 spiro atoms. The molecule has 1 rings (SSSR count). The van der Waals surface area contributed by atoms with Crippen molar-refractivity contribution in [1.82, 2.24) is 0 Å². The molecule has 0 saturated heterocycles. The second-order valence-corrected chi connectivity index (χ2v) is 3.73. The third kappa shape index (κ3) is 3.35. The van der Waals surface area contributed by atoms with Gasteiger partial charge in [0.05, 0.1) is 6.21 Å². The van der Waals surface area contributed by atoms with Crippen LogP contribution in [0.25, 0.3) is 0 Å². The molecule has 0 aromatic heterocycles. The summed E-state index contributed by atoms with van der Waals surface area (Å²) in [7, 11) is 0. The lowest BCUT2D eigenvalue weighted by Gasteiger charge is -1.96. The van der Waals surface area contributed by atoms with E-state index in [0.29, 0.717) is 5.02 Å². The molecule has 0 amide bonds. The van der Waals surface area contributed by atoms with Crippen molar-refractivity contribution < 1.29 is 0 Å². The summed E-state index contributed by atoms with van der Waals surface area (Å²) in [5.74, 6) is -0.0775. The molecule has 0 aliphatic rings. The molecule has 0 atom stereocenters. The van der Waals surface area contributed by atoms with Gasteiger partial charge in [0.15, 0.2) is 0 Å². The Morgan fingerprint density at radius 2 is 2.14 bits per heavy atom. The summed E-state index contributed by atoms with van der Waals surface area (Å²) in [6, 6.07) is 5.32. The maximum absolute atomic E-state index is 5.76. The van der Waals surface area contributed by atoms with E-state index in [-0.39, 0.29) is 5.96 Å². The minimum atomic E-state index is -0.0775. The number of hydrogen-bond donors (Lipinski definition) is 2. The van der Waals surface area contributed by atoms with Crippen LogP contribution in [-0.4, -0.2) is 12.2 Å². The summed E-state index contributed by atoms with van der Waals surface area (Å²) < 4.78 is 0.833. The molecule has 1 aromatic rings. The van der Waals surface area contributed by atoms with Crippen molar-refractivity contribution in [2.24, 2.45) is 21.7 Å². The van der Waals surface area contributed by atoms with Crippen LogP contribution in [0.3, 0.4) is 0 Å². The molecule has 0 fully saturated rings. The van der Waals surface area contributed by atoms with Crippen LogP contribution >= 0.6 is 27.5 Å². The first-order valence-corrected chi connectivity index (χ1v) is 4.83. The lowest BCUT2D eigenvalue weighted by molar-refractivity contribution is 1.21. The fourth-order valence-electron chi connectivity index (χ4n) is 0.764. The van der Waals surface area contributed by atoms with Gasteiger partial charge in [-0.1, -0.05) is 33.6 Å². The number of guanidine groups is 1. The van der Waals surface area contributed by atoms with Crippen molar-refractivity contribution in [2.45, 2.75) is 0 Å². The van der Waals surface area contributed by atoms with Crippen molar-refractivity contribution in [1.29, 1.82) is 0 Å². The van der Waals surface area contributed by atoms with Crippen LogP contribution in [0.2, 0.25) is 5.02 Å². The van der Waals surface area contributed by atoms with E-state index in [0.717, 1.165) is 10.0 Å². The predicted octanol–water partition coefficient (Wildman–Crippen LogP) is 1.71. The van der Waals surface area contributed by atoms with Gasteiger partial charge >= 0.3 is 0 Å². The highest BCUT2D eigenvalue weighted by molar-refractivity contribution is 9.10. The molecule has 0 unspecified atom stereocenters. The van der Waals surface area contributed by atoms with E-state index < -0.39 is 0 Å². The molecule has 0 aliphatic heterocycles. The minimum Gasteiger partial charge on any atom is -0.369 e. The molecule has 0 aliphatic carbocycles. The van der Waals surface area contributed by atoms with E-state index in [4.69, 9.17) is 23.1 Å². The zero-order chi connectivity index (χ0) is 10.6. The van der Waals surface area contributed by atoms with Crippen molar-refractivity contribution in [3.8, 4) is 0 Å². The molecule has 6 heteroatoms. The van der Waals surface area contributed by atoms with E-state index in [2.05, 4.69) is 26.1 Å². The highest BCUT2D eigenvalue weighted by Gasteiger charge is 1.96. The van der Waals surface area contributed by atoms with Crippen molar-refractivity contribution in [3.05, 3.63) is 33.3 Å². The van der Waals surface area contributed by atoms with Gasteiger partial charge < -0.3 is 11.5 Å². The number of hydrogen-bond acceptors (Lipinski definition) is 2. The quantitative estimate of drug-likeness (QED) is 0.490. The Bertz CT molecular complexity index is 385. The first-order valence-electron chi connectivity index (χ1n) is 3.66. The van der Waals surface area contributed by atoms with Gasteiger partial charge in [-0.15, -0.1) is 5.10 Å².